The van der Waals surface area contributed by atoms with Crippen LogP contribution in [0.3, 0.4) is 0 Å². The van der Waals surface area contributed by atoms with Crippen LogP contribution in [0.5, 0.6) is 5.75 Å². The van der Waals surface area contributed by atoms with Gasteiger partial charge in [0.15, 0.2) is 11.6 Å². The first-order valence-corrected chi connectivity index (χ1v) is 8.18. The van der Waals surface area contributed by atoms with Gasteiger partial charge in [0.25, 0.3) is 0 Å². The molecular formula is C19H18F2N2O3. The van der Waals surface area contributed by atoms with Crippen molar-refractivity contribution in [3.63, 3.8) is 0 Å². The first-order chi connectivity index (χ1) is 12.5. The number of likely N-dealkylation sites (N-methyl/N-ethyl adjacent to an activating group) is 1. The minimum absolute atomic E-state index is 0.0600. The van der Waals surface area contributed by atoms with Crippen molar-refractivity contribution >= 4 is 11.8 Å². The van der Waals surface area contributed by atoms with Gasteiger partial charge in [-0.1, -0.05) is 18.2 Å². The van der Waals surface area contributed by atoms with E-state index >= 15 is 0 Å². The van der Waals surface area contributed by atoms with E-state index < -0.39 is 29.5 Å². The van der Waals surface area contributed by atoms with Crippen molar-refractivity contribution < 1.29 is 23.1 Å². The summed E-state index contributed by atoms with van der Waals surface area (Å²) in [5.74, 6) is -2.20. The predicted octanol–water partition coefficient (Wildman–Crippen LogP) is 2.05. The minimum atomic E-state index is -1.11. The number of nitrogens with one attached hydrogen (secondary N) is 2. The molecule has 1 aliphatic rings. The van der Waals surface area contributed by atoms with Crippen molar-refractivity contribution in [3.05, 3.63) is 64.7 Å². The zero-order chi connectivity index (χ0) is 18.7. The molecule has 2 aromatic rings. The van der Waals surface area contributed by atoms with Gasteiger partial charge in [-0.05, 0) is 34.9 Å². The third-order valence-corrected chi connectivity index (χ3v) is 4.21. The van der Waals surface area contributed by atoms with E-state index in [2.05, 4.69) is 10.6 Å². The smallest absolute Gasteiger partial charge is 0.246 e. The molecule has 136 valence electrons. The van der Waals surface area contributed by atoms with Crippen LogP contribution in [-0.2, 0) is 22.4 Å². The van der Waals surface area contributed by atoms with Crippen LogP contribution in [0.15, 0.2) is 36.4 Å². The predicted molar refractivity (Wildman–Crippen MR) is 90.7 cm³/mol. The number of amides is 2. The van der Waals surface area contributed by atoms with E-state index in [-0.39, 0.29) is 12.0 Å². The van der Waals surface area contributed by atoms with E-state index in [9.17, 15) is 18.4 Å². The molecule has 1 unspecified atom stereocenters. The van der Waals surface area contributed by atoms with Crippen LogP contribution in [0, 0.1) is 11.6 Å². The molecule has 3 rings (SSSR count). The van der Waals surface area contributed by atoms with Crippen LogP contribution in [0.25, 0.3) is 0 Å². The highest BCUT2D eigenvalue weighted by molar-refractivity contribution is 5.89. The summed E-state index contributed by atoms with van der Waals surface area (Å²) in [6.45, 7) is 0.625. The number of halogens is 2. The zero-order valence-corrected chi connectivity index (χ0v) is 14.1. The van der Waals surface area contributed by atoms with E-state index in [4.69, 9.17) is 4.74 Å². The Morgan fingerprint density at radius 2 is 1.96 bits per heavy atom. The second kappa shape index (κ2) is 7.51. The van der Waals surface area contributed by atoms with Crippen LogP contribution in [0.2, 0.25) is 0 Å². The van der Waals surface area contributed by atoms with Crippen LogP contribution < -0.4 is 15.4 Å². The van der Waals surface area contributed by atoms with Gasteiger partial charge in [-0.2, -0.15) is 0 Å². The van der Waals surface area contributed by atoms with Gasteiger partial charge in [-0.25, -0.2) is 8.78 Å². The number of carbonyl (C=O) groups is 2. The van der Waals surface area contributed by atoms with Crippen LogP contribution in [-0.4, -0.2) is 25.5 Å². The van der Waals surface area contributed by atoms with Crippen molar-refractivity contribution in [2.24, 2.45) is 0 Å². The lowest BCUT2D eigenvalue weighted by Crippen LogP contribution is -2.39. The summed E-state index contributed by atoms with van der Waals surface area (Å²) in [6, 6.07) is 7.49. The minimum Gasteiger partial charge on any atom is -0.493 e. The average molecular weight is 360 g/mol. The van der Waals surface area contributed by atoms with E-state index in [1.54, 1.807) is 6.07 Å². The quantitative estimate of drug-likeness (QED) is 0.858. The van der Waals surface area contributed by atoms with E-state index in [0.717, 1.165) is 35.4 Å². The first kappa shape index (κ1) is 17.8. The molecule has 1 atom stereocenters. The van der Waals surface area contributed by atoms with Gasteiger partial charge in [0, 0.05) is 13.5 Å². The largest absolute Gasteiger partial charge is 0.493 e. The summed E-state index contributed by atoms with van der Waals surface area (Å²) in [7, 11) is 1.40. The number of benzene rings is 2. The molecule has 0 radical (unpaired) electrons. The van der Waals surface area contributed by atoms with E-state index in [1.807, 2.05) is 12.1 Å². The van der Waals surface area contributed by atoms with E-state index in [1.165, 1.54) is 13.1 Å². The van der Waals surface area contributed by atoms with E-state index in [0.29, 0.717) is 6.61 Å². The van der Waals surface area contributed by atoms with Gasteiger partial charge >= 0.3 is 0 Å². The maximum absolute atomic E-state index is 13.5. The average Bonchev–Trinajstić information content (AvgIpc) is 3.09. The van der Waals surface area contributed by atoms with Gasteiger partial charge in [0.05, 0.1) is 13.0 Å². The van der Waals surface area contributed by atoms with Crippen molar-refractivity contribution in [2.45, 2.75) is 18.9 Å². The molecule has 2 N–H and O–H groups in total. The second-order valence-corrected chi connectivity index (χ2v) is 6.01. The van der Waals surface area contributed by atoms with Crippen LogP contribution in [0.1, 0.15) is 22.7 Å². The molecule has 1 aliphatic heterocycles. The Morgan fingerprint density at radius 3 is 2.69 bits per heavy atom. The molecule has 0 bridgehead atoms. The lowest BCUT2D eigenvalue weighted by Gasteiger charge is -2.18. The Balaban J connectivity index is 1.75. The number of fused-ring (bicyclic) bond motifs is 1. The fraction of sp³-hybridized carbons (Fsp3) is 0.263. The van der Waals surface area contributed by atoms with Crippen LogP contribution in [0.4, 0.5) is 8.78 Å². The molecule has 7 heteroatoms. The van der Waals surface area contributed by atoms with Crippen molar-refractivity contribution in [1.82, 2.24) is 10.6 Å². The summed E-state index contributed by atoms with van der Waals surface area (Å²) in [4.78, 5) is 24.5. The molecule has 2 aromatic carbocycles. The molecule has 0 aromatic heterocycles. The van der Waals surface area contributed by atoms with Gasteiger partial charge < -0.3 is 15.4 Å². The van der Waals surface area contributed by atoms with Gasteiger partial charge in [-0.3, -0.25) is 9.59 Å². The lowest BCUT2D eigenvalue weighted by molar-refractivity contribution is -0.128. The normalized spacial score (nSPS) is 13.5. The fourth-order valence-corrected chi connectivity index (χ4v) is 2.88. The Hall–Kier alpha value is -2.96. The highest BCUT2D eigenvalue weighted by Gasteiger charge is 2.23. The van der Waals surface area contributed by atoms with Gasteiger partial charge in [-0.15, -0.1) is 0 Å². The molecule has 0 spiro atoms. The summed E-state index contributed by atoms with van der Waals surface area (Å²) in [5, 5.41) is 4.99. The van der Waals surface area contributed by atoms with Crippen LogP contribution >= 0.6 is 0 Å². The Bertz CT molecular complexity index is 855. The molecule has 5 nitrogen and oxygen atoms in total. The van der Waals surface area contributed by atoms with Crippen molar-refractivity contribution in [3.8, 4) is 5.75 Å². The second-order valence-electron chi connectivity index (χ2n) is 6.01. The molecule has 2 amide bonds. The molecular weight excluding hydrogens is 342 g/mol. The molecule has 0 aliphatic carbocycles. The molecule has 0 saturated heterocycles. The molecule has 26 heavy (non-hydrogen) atoms. The van der Waals surface area contributed by atoms with Crippen molar-refractivity contribution in [1.29, 1.82) is 0 Å². The maximum atomic E-state index is 13.5. The molecule has 1 heterocycles. The third kappa shape index (κ3) is 3.82. The fourth-order valence-electron chi connectivity index (χ4n) is 2.88. The highest BCUT2D eigenvalue weighted by atomic mass is 19.2. The molecule has 0 saturated carbocycles. The number of ether oxygens (including phenoxy) is 1. The monoisotopic (exact) mass is 360 g/mol. The Kier molecular flexibility index (Phi) is 5.16. The van der Waals surface area contributed by atoms with Gasteiger partial charge in [0.1, 0.15) is 11.8 Å². The summed E-state index contributed by atoms with van der Waals surface area (Å²) in [6.07, 6.45) is 0.852. The number of hydrogen-bond acceptors (Lipinski definition) is 3. The van der Waals surface area contributed by atoms with Crippen molar-refractivity contribution in [2.75, 3.05) is 13.7 Å². The topological polar surface area (TPSA) is 67.4 Å². The highest BCUT2D eigenvalue weighted by Crippen LogP contribution is 2.26. The van der Waals surface area contributed by atoms with Gasteiger partial charge in [0.2, 0.25) is 11.8 Å². The number of hydrogen-bond donors (Lipinski definition) is 2. The summed E-state index contributed by atoms with van der Waals surface area (Å²) < 4.78 is 32.0. The molecule has 0 fully saturated rings. The number of carbonyl (C=O) groups excluding carboxylic acids is 2. The first-order valence-electron chi connectivity index (χ1n) is 8.18. The Labute approximate surface area is 149 Å². The standard InChI is InChI=1S/C19H18F2N2O3/c1-22-19(25)18(13-3-4-14(20)15(21)10-13)23-17(24)9-11-2-5-16-12(8-11)6-7-26-16/h2-5,8,10,18H,6-7,9H2,1H3,(H,22,25)(H,23,24). The Morgan fingerprint density at radius 1 is 1.15 bits per heavy atom. The SMILES string of the molecule is CNC(=O)C(NC(=O)Cc1ccc2c(c1)CCO2)c1ccc(F)c(F)c1. The summed E-state index contributed by atoms with van der Waals surface area (Å²) >= 11 is 0. The zero-order valence-electron chi connectivity index (χ0n) is 14.1. The number of rotatable bonds is 5. The lowest BCUT2D eigenvalue weighted by atomic mass is 10.0. The maximum Gasteiger partial charge on any atom is 0.246 e. The third-order valence-electron chi connectivity index (χ3n) is 4.21. The summed E-state index contributed by atoms with van der Waals surface area (Å²) in [5.41, 5.74) is 1.99.